The maximum absolute atomic E-state index is 3.70. The summed E-state index contributed by atoms with van der Waals surface area (Å²) in [5.41, 5.74) is 1.70. The lowest BCUT2D eigenvalue weighted by molar-refractivity contribution is 0.146. The molecule has 5 heteroatoms. The lowest BCUT2D eigenvalue weighted by Gasteiger charge is -2.38. The maximum atomic E-state index is 3.70. The van der Waals surface area contributed by atoms with Crippen molar-refractivity contribution >= 4 is 34.0 Å². The first-order chi connectivity index (χ1) is 10.1. The molecule has 0 amide bonds. The van der Waals surface area contributed by atoms with Crippen LogP contribution < -0.4 is 10.6 Å². The van der Waals surface area contributed by atoms with E-state index in [9.17, 15) is 0 Å². The summed E-state index contributed by atoms with van der Waals surface area (Å²) in [6, 6.07) is 9.07. The highest BCUT2D eigenvalue weighted by atomic mass is 79.9. The topological polar surface area (TPSA) is 27.3 Å². The first-order valence-electron chi connectivity index (χ1n) is 8.08. The second-order valence-electron chi connectivity index (χ2n) is 6.97. The van der Waals surface area contributed by atoms with E-state index in [1.807, 2.05) is 0 Å². The number of hydrogen-bond donors (Lipinski definition) is 2. The van der Waals surface area contributed by atoms with E-state index in [0.717, 1.165) is 4.47 Å². The zero-order valence-corrected chi connectivity index (χ0v) is 15.7. The Morgan fingerprint density at radius 3 is 3.05 bits per heavy atom. The SMILES string of the molecule is CC1(CN2CCCC(Nc3cccc(Br)c3)C2)CCNC1.Cl. The van der Waals surface area contributed by atoms with Crippen molar-refractivity contribution in [2.24, 2.45) is 5.41 Å². The quantitative estimate of drug-likeness (QED) is 0.822. The molecule has 0 spiro atoms. The van der Waals surface area contributed by atoms with E-state index < -0.39 is 0 Å². The summed E-state index contributed by atoms with van der Waals surface area (Å²) in [5.74, 6) is 0. The molecule has 2 aliphatic heterocycles. The molecule has 22 heavy (non-hydrogen) atoms. The molecule has 2 N–H and O–H groups in total. The molecule has 2 aliphatic rings. The third-order valence-corrected chi connectivity index (χ3v) is 5.26. The highest BCUT2D eigenvalue weighted by molar-refractivity contribution is 9.10. The Balaban J connectivity index is 0.00000176. The summed E-state index contributed by atoms with van der Waals surface area (Å²) in [4.78, 5) is 2.66. The zero-order valence-electron chi connectivity index (χ0n) is 13.3. The summed E-state index contributed by atoms with van der Waals surface area (Å²) < 4.78 is 1.14. The largest absolute Gasteiger partial charge is 0.381 e. The van der Waals surface area contributed by atoms with Crippen LogP contribution in [-0.4, -0.2) is 43.7 Å². The van der Waals surface area contributed by atoms with Crippen LogP contribution in [0.4, 0.5) is 5.69 Å². The molecule has 0 aliphatic carbocycles. The van der Waals surface area contributed by atoms with Gasteiger partial charge in [-0.2, -0.15) is 0 Å². The number of rotatable bonds is 4. The summed E-state index contributed by atoms with van der Waals surface area (Å²) >= 11 is 3.55. The molecule has 2 atom stereocenters. The predicted molar refractivity (Wildman–Crippen MR) is 100 cm³/mol. The van der Waals surface area contributed by atoms with Gasteiger partial charge in [0.1, 0.15) is 0 Å². The van der Waals surface area contributed by atoms with E-state index in [2.05, 4.69) is 62.7 Å². The van der Waals surface area contributed by atoms with Crippen LogP contribution in [0.25, 0.3) is 0 Å². The fourth-order valence-corrected chi connectivity index (χ4v) is 4.07. The van der Waals surface area contributed by atoms with Crippen molar-refractivity contribution in [1.82, 2.24) is 10.2 Å². The smallest absolute Gasteiger partial charge is 0.0388 e. The van der Waals surface area contributed by atoms with E-state index in [-0.39, 0.29) is 12.4 Å². The summed E-state index contributed by atoms with van der Waals surface area (Å²) in [6.45, 7) is 8.45. The fourth-order valence-electron chi connectivity index (χ4n) is 3.67. The molecule has 0 aromatic heterocycles. The van der Waals surface area contributed by atoms with Crippen molar-refractivity contribution in [2.45, 2.75) is 32.2 Å². The van der Waals surface area contributed by atoms with Gasteiger partial charge in [0.25, 0.3) is 0 Å². The zero-order chi connectivity index (χ0) is 14.7. The van der Waals surface area contributed by atoms with Crippen molar-refractivity contribution in [2.75, 3.05) is 38.0 Å². The molecule has 124 valence electrons. The minimum Gasteiger partial charge on any atom is -0.381 e. The predicted octanol–water partition coefficient (Wildman–Crippen LogP) is 3.75. The van der Waals surface area contributed by atoms with Crippen LogP contribution in [-0.2, 0) is 0 Å². The van der Waals surface area contributed by atoms with E-state index in [0.29, 0.717) is 11.5 Å². The Morgan fingerprint density at radius 2 is 2.32 bits per heavy atom. The van der Waals surface area contributed by atoms with E-state index >= 15 is 0 Å². The average Bonchev–Trinajstić information content (AvgIpc) is 2.85. The van der Waals surface area contributed by atoms with Crippen LogP contribution in [0.15, 0.2) is 28.7 Å². The normalized spacial score (nSPS) is 29.1. The van der Waals surface area contributed by atoms with Gasteiger partial charge in [-0.3, -0.25) is 0 Å². The summed E-state index contributed by atoms with van der Waals surface area (Å²) in [5, 5.41) is 7.21. The van der Waals surface area contributed by atoms with E-state index in [4.69, 9.17) is 0 Å². The molecule has 1 aromatic carbocycles. The van der Waals surface area contributed by atoms with Crippen LogP contribution in [0.2, 0.25) is 0 Å². The third kappa shape index (κ3) is 4.85. The molecule has 0 bridgehead atoms. The lowest BCUT2D eigenvalue weighted by atomic mass is 9.88. The molecule has 2 unspecified atom stereocenters. The number of nitrogens with one attached hydrogen (secondary N) is 2. The van der Waals surface area contributed by atoms with Crippen molar-refractivity contribution in [3.63, 3.8) is 0 Å². The third-order valence-electron chi connectivity index (χ3n) is 4.76. The number of anilines is 1. The van der Waals surface area contributed by atoms with Crippen LogP contribution in [0.3, 0.4) is 0 Å². The standard InChI is InChI=1S/C17H26BrN3.ClH/c1-17(7-8-19-12-17)13-21-9-3-6-16(11-21)20-15-5-2-4-14(18)10-15;/h2,4-5,10,16,19-20H,3,6-9,11-13H2,1H3;1H. The number of hydrogen-bond acceptors (Lipinski definition) is 3. The number of likely N-dealkylation sites (tertiary alicyclic amines) is 1. The highest BCUT2D eigenvalue weighted by Crippen LogP contribution is 2.27. The van der Waals surface area contributed by atoms with Gasteiger partial charge in [0.05, 0.1) is 0 Å². The van der Waals surface area contributed by atoms with Gasteiger partial charge in [-0.15, -0.1) is 12.4 Å². The van der Waals surface area contributed by atoms with Gasteiger partial charge in [-0.25, -0.2) is 0 Å². The van der Waals surface area contributed by atoms with Crippen molar-refractivity contribution in [1.29, 1.82) is 0 Å². The van der Waals surface area contributed by atoms with Crippen LogP contribution >= 0.6 is 28.3 Å². The van der Waals surface area contributed by atoms with Gasteiger partial charge in [0.2, 0.25) is 0 Å². The number of benzene rings is 1. The molecule has 2 saturated heterocycles. The minimum absolute atomic E-state index is 0. The molecule has 0 radical (unpaired) electrons. The van der Waals surface area contributed by atoms with Crippen LogP contribution in [0.1, 0.15) is 26.2 Å². The first-order valence-corrected chi connectivity index (χ1v) is 8.87. The van der Waals surface area contributed by atoms with Gasteiger partial charge in [-0.1, -0.05) is 28.9 Å². The van der Waals surface area contributed by atoms with E-state index in [1.54, 1.807) is 0 Å². The number of nitrogens with zero attached hydrogens (tertiary/aromatic N) is 1. The summed E-state index contributed by atoms with van der Waals surface area (Å²) in [6.07, 6.45) is 3.89. The number of piperidine rings is 1. The fraction of sp³-hybridized carbons (Fsp3) is 0.647. The Labute approximate surface area is 148 Å². The van der Waals surface area contributed by atoms with Gasteiger partial charge in [0, 0.05) is 35.8 Å². The highest BCUT2D eigenvalue weighted by Gasteiger charge is 2.32. The Bertz CT molecular complexity index is 477. The molecular weight excluding hydrogens is 362 g/mol. The van der Waals surface area contributed by atoms with Crippen molar-refractivity contribution < 1.29 is 0 Å². The second kappa shape index (κ2) is 8.00. The summed E-state index contributed by atoms with van der Waals surface area (Å²) in [7, 11) is 0. The Kier molecular flexibility index (Phi) is 6.57. The monoisotopic (exact) mass is 387 g/mol. The molecule has 0 saturated carbocycles. The Morgan fingerprint density at radius 1 is 1.45 bits per heavy atom. The number of halogens is 2. The molecule has 1 aromatic rings. The Hall–Kier alpha value is -0.290. The van der Waals surface area contributed by atoms with Crippen LogP contribution in [0, 0.1) is 5.41 Å². The molecule has 3 rings (SSSR count). The van der Waals surface area contributed by atoms with Gasteiger partial charge in [-0.05, 0) is 56.0 Å². The first kappa shape index (κ1) is 18.1. The van der Waals surface area contributed by atoms with Crippen molar-refractivity contribution in [3.8, 4) is 0 Å². The molecule has 2 heterocycles. The molecular formula is C17H27BrClN3. The lowest BCUT2D eigenvalue weighted by Crippen LogP contribution is -2.46. The van der Waals surface area contributed by atoms with Crippen molar-refractivity contribution in [3.05, 3.63) is 28.7 Å². The minimum atomic E-state index is 0. The van der Waals surface area contributed by atoms with Gasteiger partial charge in [0.15, 0.2) is 0 Å². The van der Waals surface area contributed by atoms with Gasteiger partial charge < -0.3 is 15.5 Å². The molecule has 2 fully saturated rings. The van der Waals surface area contributed by atoms with Gasteiger partial charge >= 0.3 is 0 Å². The van der Waals surface area contributed by atoms with Crippen LogP contribution in [0.5, 0.6) is 0 Å². The van der Waals surface area contributed by atoms with E-state index in [1.165, 1.54) is 57.7 Å². The molecule has 3 nitrogen and oxygen atoms in total. The maximum Gasteiger partial charge on any atom is 0.0388 e. The average molecular weight is 389 g/mol. The second-order valence-corrected chi connectivity index (χ2v) is 7.88.